The first-order chi connectivity index (χ1) is 10.6. The summed E-state index contributed by atoms with van der Waals surface area (Å²) in [5.41, 5.74) is 3.77. The molecule has 0 radical (unpaired) electrons. The lowest BCUT2D eigenvalue weighted by Crippen LogP contribution is -1.87. The Hall–Kier alpha value is -2.20. The molecule has 4 nitrogen and oxygen atoms in total. The van der Waals surface area contributed by atoms with Gasteiger partial charge in [0, 0.05) is 11.2 Å². The van der Waals surface area contributed by atoms with Gasteiger partial charge in [0.25, 0.3) is 0 Å². The zero-order valence-electron chi connectivity index (χ0n) is 12.8. The van der Waals surface area contributed by atoms with Crippen LogP contribution in [-0.2, 0) is 0 Å². The lowest BCUT2D eigenvalue weighted by Gasteiger charge is -2.01. The highest BCUT2D eigenvalue weighted by molar-refractivity contribution is 6.30. The summed E-state index contributed by atoms with van der Waals surface area (Å²) < 4.78 is 1.99. The minimum atomic E-state index is 0.276. The van der Waals surface area contributed by atoms with Crippen molar-refractivity contribution in [3.63, 3.8) is 0 Å². The van der Waals surface area contributed by atoms with Gasteiger partial charge in [-0.3, -0.25) is 4.40 Å². The average molecular weight is 313 g/mol. The zero-order chi connectivity index (χ0) is 15.7. The summed E-state index contributed by atoms with van der Waals surface area (Å²) in [6.07, 6.45) is 1.97. The highest BCUT2D eigenvalue weighted by Crippen LogP contribution is 2.30. The van der Waals surface area contributed by atoms with Gasteiger partial charge in [0.15, 0.2) is 5.82 Å². The molecule has 0 aliphatic rings. The van der Waals surface area contributed by atoms with Gasteiger partial charge in [0.05, 0.1) is 11.4 Å². The van der Waals surface area contributed by atoms with E-state index in [0.29, 0.717) is 5.02 Å². The molecule has 0 saturated heterocycles. The average Bonchev–Trinajstić information content (AvgIpc) is 2.87. The summed E-state index contributed by atoms with van der Waals surface area (Å²) in [4.78, 5) is 4.73. The molecule has 0 atom stereocenters. The van der Waals surface area contributed by atoms with Crippen molar-refractivity contribution < 1.29 is 0 Å². The van der Waals surface area contributed by atoms with E-state index < -0.39 is 0 Å². The maximum atomic E-state index is 5.89. The number of nitrogens with zero attached hydrogens (tertiary/aromatic N) is 4. The number of rotatable bonds is 3. The van der Waals surface area contributed by atoms with Gasteiger partial charge >= 0.3 is 0 Å². The fourth-order valence-corrected chi connectivity index (χ4v) is 2.43. The minimum Gasteiger partial charge on any atom is -0.283 e. The SMILES string of the molecule is Cc1cccn2c(N=Nc3ccc(Cl)cc3)c(C(C)C)nc12. The van der Waals surface area contributed by atoms with Gasteiger partial charge in [0.1, 0.15) is 5.65 Å². The lowest BCUT2D eigenvalue weighted by atomic mass is 10.1. The third-order valence-electron chi connectivity index (χ3n) is 3.48. The first-order valence-corrected chi connectivity index (χ1v) is 7.59. The number of aromatic nitrogens is 2. The number of hydrogen-bond donors (Lipinski definition) is 0. The predicted octanol–water partition coefficient (Wildman–Crippen LogP) is 5.83. The summed E-state index contributed by atoms with van der Waals surface area (Å²) in [5, 5.41) is 9.44. The van der Waals surface area contributed by atoms with Crippen molar-refractivity contribution in [2.75, 3.05) is 0 Å². The summed E-state index contributed by atoms with van der Waals surface area (Å²) >= 11 is 5.89. The third kappa shape index (κ3) is 2.74. The van der Waals surface area contributed by atoms with Gasteiger partial charge in [-0.2, -0.15) is 0 Å². The summed E-state index contributed by atoms with van der Waals surface area (Å²) in [6, 6.07) is 11.3. The third-order valence-corrected chi connectivity index (χ3v) is 3.73. The molecular weight excluding hydrogens is 296 g/mol. The largest absolute Gasteiger partial charge is 0.283 e. The number of hydrogen-bond acceptors (Lipinski definition) is 3. The van der Waals surface area contributed by atoms with Crippen molar-refractivity contribution in [3.8, 4) is 0 Å². The standard InChI is InChI=1S/C17H17ClN4/c1-11(2)15-17(21-20-14-8-6-13(18)7-9-14)22-10-4-5-12(3)16(22)19-15/h4-11H,1-3H3. The van der Waals surface area contributed by atoms with E-state index in [4.69, 9.17) is 16.6 Å². The fraction of sp³-hybridized carbons (Fsp3) is 0.235. The number of fused-ring (bicyclic) bond motifs is 1. The Kier molecular flexibility index (Phi) is 3.94. The zero-order valence-corrected chi connectivity index (χ0v) is 13.5. The monoisotopic (exact) mass is 312 g/mol. The number of halogens is 1. The van der Waals surface area contributed by atoms with Crippen molar-refractivity contribution in [3.05, 3.63) is 58.9 Å². The van der Waals surface area contributed by atoms with Crippen LogP contribution in [0.25, 0.3) is 5.65 Å². The van der Waals surface area contributed by atoms with Crippen LogP contribution in [0.15, 0.2) is 52.8 Å². The normalized spacial score (nSPS) is 11.9. The molecule has 2 aromatic heterocycles. The molecule has 5 heteroatoms. The quantitative estimate of drug-likeness (QED) is 0.560. The Labute approximate surface area is 134 Å². The number of aryl methyl sites for hydroxylation is 1. The first-order valence-electron chi connectivity index (χ1n) is 7.21. The molecule has 0 spiro atoms. The van der Waals surface area contributed by atoms with Crippen LogP contribution >= 0.6 is 11.6 Å². The van der Waals surface area contributed by atoms with Crippen molar-refractivity contribution in [1.29, 1.82) is 0 Å². The summed E-state index contributed by atoms with van der Waals surface area (Å²) in [5.74, 6) is 1.06. The molecule has 2 heterocycles. The second kappa shape index (κ2) is 5.89. The van der Waals surface area contributed by atoms with Crippen LogP contribution in [0.4, 0.5) is 11.5 Å². The van der Waals surface area contributed by atoms with Gasteiger partial charge in [-0.05, 0) is 48.7 Å². The first kappa shape index (κ1) is 14.7. The fourth-order valence-electron chi connectivity index (χ4n) is 2.31. The van der Waals surface area contributed by atoms with E-state index >= 15 is 0 Å². The van der Waals surface area contributed by atoms with E-state index in [9.17, 15) is 0 Å². The van der Waals surface area contributed by atoms with Gasteiger partial charge < -0.3 is 0 Å². The van der Waals surface area contributed by atoms with Crippen LogP contribution < -0.4 is 0 Å². The maximum absolute atomic E-state index is 5.89. The molecule has 3 rings (SSSR count). The molecule has 112 valence electrons. The summed E-state index contributed by atoms with van der Waals surface area (Å²) in [7, 11) is 0. The van der Waals surface area contributed by atoms with Crippen molar-refractivity contribution in [2.45, 2.75) is 26.7 Å². The smallest absolute Gasteiger partial charge is 0.183 e. The van der Waals surface area contributed by atoms with E-state index in [1.165, 1.54) is 0 Å². The second-order valence-corrected chi connectivity index (χ2v) is 5.97. The van der Waals surface area contributed by atoms with Crippen LogP contribution in [0, 0.1) is 6.92 Å². The molecule has 0 amide bonds. The highest BCUT2D eigenvalue weighted by atomic mass is 35.5. The number of benzene rings is 1. The van der Waals surface area contributed by atoms with Crippen LogP contribution in [0.1, 0.15) is 31.0 Å². The topological polar surface area (TPSA) is 42.0 Å². The van der Waals surface area contributed by atoms with E-state index in [2.05, 4.69) is 24.1 Å². The molecular formula is C17H17ClN4. The molecule has 1 aromatic carbocycles. The van der Waals surface area contributed by atoms with Gasteiger partial charge in [-0.1, -0.05) is 31.5 Å². The molecule has 0 saturated carbocycles. The van der Waals surface area contributed by atoms with Crippen molar-refractivity contribution >= 4 is 28.8 Å². The molecule has 0 bridgehead atoms. The Morgan fingerprint density at radius 1 is 1.09 bits per heavy atom. The summed E-state index contributed by atoms with van der Waals surface area (Å²) in [6.45, 7) is 6.27. The second-order valence-electron chi connectivity index (χ2n) is 5.54. The lowest BCUT2D eigenvalue weighted by molar-refractivity contribution is 0.831. The molecule has 22 heavy (non-hydrogen) atoms. The van der Waals surface area contributed by atoms with Crippen LogP contribution in [-0.4, -0.2) is 9.38 Å². The Bertz CT molecular complexity index is 832. The number of pyridine rings is 1. The predicted molar refractivity (Wildman–Crippen MR) is 89.6 cm³/mol. The van der Waals surface area contributed by atoms with E-state index in [0.717, 1.165) is 28.4 Å². The number of azo groups is 1. The molecule has 0 aliphatic carbocycles. The van der Waals surface area contributed by atoms with Crippen LogP contribution in [0.3, 0.4) is 0 Å². The highest BCUT2D eigenvalue weighted by Gasteiger charge is 2.15. The van der Waals surface area contributed by atoms with Gasteiger partial charge in [-0.25, -0.2) is 4.98 Å². The molecule has 0 N–H and O–H groups in total. The molecule has 0 fully saturated rings. The van der Waals surface area contributed by atoms with Crippen LogP contribution in [0.2, 0.25) is 5.02 Å². The van der Waals surface area contributed by atoms with Crippen molar-refractivity contribution in [2.24, 2.45) is 10.2 Å². The molecule has 0 unspecified atom stereocenters. The number of imidazole rings is 1. The Balaban J connectivity index is 2.10. The maximum Gasteiger partial charge on any atom is 0.183 e. The Morgan fingerprint density at radius 2 is 1.82 bits per heavy atom. The van der Waals surface area contributed by atoms with E-state index in [1.807, 2.05) is 41.8 Å². The van der Waals surface area contributed by atoms with E-state index in [1.54, 1.807) is 12.1 Å². The Morgan fingerprint density at radius 3 is 2.50 bits per heavy atom. The van der Waals surface area contributed by atoms with Crippen molar-refractivity contribution in [1.82, 2.24) is 9.38 Å². The molecule has 0 aliphatic heterocycles. The minimum absolute atomic E-state index is 0.276. The molecule has 3 aromatic rings. The van der Waals surface area contributed by atoms with Gasteiger partial charge in [-0.15, -0.1) is 10.2 Å². The van der Waals surface area contributed by atoms with Gasteiger partial charge in [0.2, 0.25) is 0 Å². The van der Waals surface area contributed by atoms with Crippen LogP contribution in [0.5, 0.6) is 0 Å². The van der Waals surface area contributed by atoms with E-state index in [-0.39, 0.29) is 5.92 Å².